The predicted molar refractivity (Wildman–Crippen MR) is 91.2 cm³/mol. The van der Waals surface area contributed by atoms with Gasteiger partial charge < -0.3 is 24.6 Å². The van der Waals surface area contributed by atoms with Crippen LogP contribution in [0.1, 0.15) is 16.7 Å². The number of carbonyl (C=O) groups excluding carboxylic acids is 2. The van der Waals surface area contributed by atoms with Crippen LogP contribution >= 0.6 is 0 Å². The van der Waals surface area contributed by atoms with E-state index in [0.29, 0.717) is 32.7 Å². The topological polar surface area (TPSA) is 71.1 Å². The maximum atomic E-state index is 12.3. The third-order valence-corrected chi connectivity index (χ3v) is 5.16. The van der Waals surface area contributed by atoms with Gasteiger partial charge in [0.2, 0.25) is 6.41 Å². The van der Waals surface area contributed by atoms with Crippen LogP contribution in [0.15, 0.2) is 6.07 Å². The van der Waals surface area contributed by atoms with E-state index in [1.54, 1.807) is 9.80 Å². The molecule has 3 aliphatic heterocycles. The molecule has 1 aromatic carbocycles. The second-order valence-corrected chi connectivity index (χ2v) is 6.63. The van der Waals surface area contributed by atoms with Crippen LogP contribution in [0.2, 0.25) is 0 Å². The van der Waals surface area contributed by atoms with Crippen molar-refractivity contribution in [2.45, 2.75) is 19.3 Å². The lowest BCUT2D eigenvalue weighted by atomic mass is 9.97. The second-order valence-electron chi connectivity index (χ2n) is 6.63. The fourth-order valence-corrected chi connectivity index (χ4v) is 3.79. The molecule has 0 aromatic heterocycles. The minimum absolute atomic E-state index is 0.0630. The van der Waals surface area contributed by atoms with Gasteiger partial charge >= 0.3 is 6.03 Å². The summed E-state index contributed by atoms with van der Waals surface area (Å²) in [6, 6.07) is 2.05. The molecule has 4 rings (SSSR count). The van der Waals surface area contributed by atoms with Crippen LogP contribution < -0.4 is 14.8 Å². The lowest BCUT2D eigenvalue weighted by molar-refractivity contribution is -0.119. The van der Waals surface area contributed by atoms with Crippen LogP contribution in [0.3, 0.4) is 0 Å². The van der Waals surface area contributed by atoms with E-state index in [2.05, 4.69) is 11.4 Å². The van der Waals surface area contributed by atoms with E-state index in [1.807, 2.05) is 0 Å². The smallest absolute Gasteiger partial charge is 0.317 e. The molecule has 0 atom stereocenters. The largest absolute Gasteiger partial charge is 0.493 e. The molecular weight excluding hydrogens is 322 g/mol. The quantitative estimate of drug-likeness (QED) is 0.811. The average molecular weight is 345 g/mol. The molecule has 1 aromatic rings. The number of hydrogen-bond acceptors (Lipinski definition) is 4. The van der Waals surface area contributed by atoms with E-state index in [9.17, 15) is 9.59 Å². The number of amides is 3. The first-order valence-corrected chi connectivity index (χ1v) is 8.91. The standard InChI is InChI=1S/C18H23N3O4/c22-12-20-5-7-21(8-6-20)18(23)19-4-1-15-14-3-10-24-16(14)11-13-2-9-25-17(13)15/h11-12H,1-10H2,(H,19,23). The molecule has 0 bridgehead atoms. The lowest BCUT2D eigenvalue weighted by Gasteiger charge is -2.32. The molecule has 0 aliphatic carbocycles. The number of nitrogens with one attached hydrogen (secondary N) is 1. The Morgan fingerprint density at radius 1 is 1.16 bits per heavy atom. The molecule has 0 saturated carbocycles. The van der Waals surface area contributed by atoms with Gasteiger partial charge in [-0.25, -0.2) is 4.79 Å². The second kappa shape index (κ2) is 6.82. The van der Waals surface area contributed by atoms with Gasteiger partial charge in [0.05, 0.1) is 13.2 Å². The molecule has 3 aliphatic rings. The highest BCUT2D eigenvalue weighted by molar-refractivity contribution is 5.74. The van der Waals surface area contributed by atoms with Crippen molar-refractivity contribution in [2.75, 3.05) is 45.9 Å². The number of piperazine rings is 1. The van der Waals surface area contributed by atoms with Crippen molar-refractivity contribution < 1.29 is 19.1 Å². The molecule has 3 amide bonds. The molecule has 1 N–H and O–H groups in total. The third-order valence-electron chi connectivity index (χ3n) is 5.16. The number of carbonyl (C=O) groups is 2. The molecule has 0 unspecified atom stereocenters. The number of rotatable bonds is 4. The van der Waals surface area contributed by atoms with Crippen LogP contribution in [0.25, 0.3) is 0 Å². The van der Waals surface area contributed by atoms with Gasteiger partial charge in [-0.2, -0.15) is 0 Å². The molecule has 0 radical (unpaired) electrons. The lowest BCUT2D eigenvalue weighted by Crippen LogP contribution is -2.51. The molecule has 1 fully saturated rings. The molecule has 3 heterocycles. The van der Waals surface area contributed by atoms with E-state index >= 15 is 0 Å². The minimum Gasteiger partial charge on any atom is -0.493 e. The first kappa shape index (κ1) is 16.1. The maximum absolute atomic E-state index is 12.3. The Bertz CT molecular complexity index is 651. The number of nitrogens with zero attached hydrogens (tertiary/aromatic N) is 2. The zero-order valence-electron chi connectivity index (χ0n) is 14.3. The Balaban J connectivity index is 1.36. The van der Waals surface area contributed by atoms with E-state index in [-0.39, 0.29) is 6.03 Å². The van der Waals surface area contributed by atoms with Gasteiger partial charge in [0.1, 0.15) is 11.5 Å². The molecule has 25 heavy (non-hydrogen) atoms. The summed E-state index contributed by atoms with van der Waals surface area (Å²) in [5.41, 5.74) is 3.63. The SMILES string of the molecule is O=CN1CCN(C(=O)NCCc2c3c(cc4c2OCC4)OCC3)CC1. The van der Waals surface area contributed by atoms with Gasteiger partial charge in [-0.05, 0) is 12.5 Å². The van der Waals surface area contributed by atoms with Crippen molar-refractivity contribution in [1.82, 2.24) is 15.1 Å². The van der Waals surface area contributed by atoms with Crippen molar-refractivity contribution >= 4 is 12.4 Å². The van der Waals surface area contributed by atoms with E-state index in [4.69, 9.17) is 9.47 Å². The monoisotopic (exact) mass is 345 g/mol. The Kier molecular flexibility index (Phi) is 4.38. The van der Waals surface area contributed by atoms with Gasteiger partial charge in [0.15, 0.2) is 0 Å². The minimum atomic E-state index is -0.0630. The molecule has 7 heteroatoms. The van der Waals surface area contributed by atoms with Crippen molar-refractivity contribution in [3.05, 3.63) is 22.8 Å². The Hall–Kier alpha value is -2.44. The van der Waals surface area contributed by atoms with Gasteiger partial charge in [-0.15, -0.1) is 0 Å². The summed E-state index contributed by atoms with van der Waals surface area (Å²) < 4.78 is 11.6. The van der Waals surface area contributed by atoms with Gasteiger partial charge in [0.25, 0.3) is 0 Å². The fraction of sp³-hybridized carbons (Fsp3) is 0.556. The highest BCUT2D eigenvalue weighted by Crippen LogP contribution is 2.40. The Morgan fingerprint density at radius 3 is 2.76 bits per heavy atom. The van der Waals surface area contributed by atoms with Gasteiger partial charge in [-0.1, -0.05) is 0 Å². The normalized spacial score (nSPS) is 18.2. The molecule has 134 valence electrons. The van der Waals surface area contributed by atoms with Crippen LogP contribution in [0.5, 0.6) is 11.5 Å². The summed E-state index contributed by atoms with van der Waals surface area (Å²) in [5, 5.41) is 3.00. The number of benzene rings is 1. The van der Waals surface area contributed by atoms with Crippen LogP contribution in [0.4, 0.5) is 4.79 Å². The summed E-state index contributed by atoms with van der Waals surface area (Å²) in [4.78, 5) is 26.5. The van der Waals surface area contributed by atoms with Crippen molar-refractivity contribution in [2.24, 2.45) is 0 Å². The molecule has 7 nitrogen and oxygen atoms in total. The van der Waals surface area contributed by atoms with Gasteiger partial charge in [0, 0.05) is 62.3 Å². The van der Waals surface area contributed by atoms with Crippen molar-refractivity contribution in [3.63, 3.8) is 0 Å². The number of ether oxygens (including phenoxy) is 2. The van der Waals surface area contributed by atoms with E-state index in [0.717, 1.165) is 50.4 Å². The summed E-state index contributed by atoms with van der Waals surface area (Å²) in [5.74, 6) is 1.98. The van der Waals surface area contributed by atoms with Crippen molar-refractivity contribution in [1.29, 1.82) is 0 Å². The van der Waals surface area contributed by atoms with Gasteiger partial charge in [-0.3, -0.25) is 4.79 Å². The third kappa shape index (κ3) is 3.10. The molecular formula is C18H23N3O4. The van der Waals surface area contributed by atoms with E-state index in [1.165, 1.54) is 16.7 Å². The molecule has 1 saturated heterocycles. The predicted octanol–water partition coefficient (Wildman–Crippen LogP) is 0.583. The first-order valence-electron chi connectivity index (χ1n) is 8.91. The van der Waals surface area contributed by atoms with Crippen LogP contribution in [-0.4, -0.2) is 68.2 Å². The number of hydrogen-bond donors (Lipinski definition) is 1. The highest BCUT2D eigenvalue weighted by atomic mass is 16.5. The number of urea groups is 1. The first-order chi connectivity index (χ1) is 12.3. The highest BCUT2D eigenvalue weighted by Gasteiger charge is 2.26. The Morgan fingerprint density at radius 2 is 1.96 bits per heavy atom. The average Bonchev–Trinajstić information content (AvgIpc) is 3.30. The number of fused-ring (bicyclic) bond motifs is 2. The fourth-order valence-electron chi connectivity index (χ4n) is 3.79. The zero-order chi connectivity index (χ0) is 17.2. The molecule has 0 spiro atoms. The van der Waals surface area contributed by atoms with Crippen molar-refractivity contribution in [3.8, 4) is 11.5 Å². The maximum Gasteiger partial charge on any atom is 0.317 e. The summed E-state index contributed by atoms with van der Waals surface area (Å²) >= 11 is 0. The summed E-state index contributed by atoms with van der Waals surface area (Å²) in [7, 11) is 0. The van der Waals surface area contributed by atoms with E-state index < -0.39 is 0 Å². The summed E-state index contributed by atoms with van der Waals surface area (Å²) in [6.07, 6.45) is 3.41. The summed E-state index contributed by atoms with van der Waals surface area (Å²) in [6.45, 7) is 4.37. The van der Waals surface area contributed by atoms with Crippen LogP contribution in [0, 0.1) is 0 Å². The Labute approximate surface area is 146 Å². The van der Waals surface area contributed by atoms with Crippen LogP contribution in [-0.2, 0) is 24.1 Å². The zero-order valence-corrected chi connectivity index (χ0v) is 14.3.